The van der Waals surface area contributed by atoms with Gasteiger partial charge in [-0.2, -0.15) is 0 Å². The van der Waals surface area contributed by atoms with Crippen LogP contribution in [0.25, 0.3) is 10.2 Å². The van der Waals surface area contributed by atoms with Crippen LogP contribution in [-0.2, 0) is 6.54 Å². The molecule has 4 rings (SSSR count). The minimum Gasteiger partial charge on any atom is -0.467 e. The average Bonchev–Trinajstić information content (AvgIpc) is 3.33. The zero-order chi connectivity index (χ0) is 19.0. The van der Waals surface area contributed by atoms with Gasteiger partial charge in [-0.15, -0.1) is 0 Å². The van der Waals surface area contributed by atoms with E-state index in [1.54, 1.807) is 22.5 Å². The minimum atomic E-state index is -0.0826. The molecule has 0 aliphatic carbocycles. The molecular formula is C22H20N2O2S. The van der Waals surface area contributed by atoms with Crippen molar-refractivity contribution in [3.8, 4) is 0 Å². The molecule has 0 aliphatic heterocycles. The van der Waals surface area contributed by atoms with Gasteiger partial charge in [0.25, 0.3) is 5.91 Å². The second-order valence-electron chi connectivity index (χ2n) is 6.71. The predicted octanol–water partition coefficient (Wildman–Crippen LogP) is 5.66. The summed E-state index contributed by atoms with van der Waals surface area (Å²) >= 11 is 1.55. The summed E-state index contributed by atoms with van der Waals surface area (Å²) in [4.78, 5) is 19.8. The lowest BCUT2D eigenvalue weighted by molar-refractivity contribution is 0.0983. The van der Waals surface area contributed by atoms with Gasteiger partial charge in [-0.25, -0.2) is 4.98 Å². The van der Waals surface area contributed by atoms with Crippen molar-refractivity contribution in [1.82, 2.24) is 4.98 Å². The van der Waals surface area contributed by atoms with Crippen LogP contribution in [0.2, 0.25) is 0 Å². The molecule has 1 amide bonds. The molecule has 136 valence electrons. The Morgan fingerprint density at radius 2 is 1.78 bits per heavy atom. The molecule has 0 unspecified atom stereocenters. The summed E-state index contributed by atoms with van der Waals surface area (Å²) in [6, 6.07) is 15.5. The van der Waals surface area contributed by atoms with Crippen LogP contribution in [0.15, 0.2) is 59.2 Å². The van der Waals surface area contributed by atoms with Crippen LogP contribution in [0.1, 0.15) is 32.8 Å². The van der Waals surface area contributed by atoms with E-state index in [-0.39, 0.29) is 5.91 Å². The van der Waals surface area contributed by atoms with Gasteiger partial charge in [0, 0.05) is 5.56 Å². The van der Waals surface area contributed by atoms with Crippen LogP contribution in [0.4, 0.5) is 5.13 Å². The fourth-order valence-corrected chi connectivity index (χ4v) is 4.11. The summed E-state index contributed by atoms with van der Waals surface area (Å²) in [5.41, 5.74) is 4.99. The minimum absolute atomic E-state index is 0.0826. The van der Waals surface area contributed by atoms with Gasteiger partial charge < -0.3 is 4.42 Å². The maximum atomic E-state index is 13.3. The van der Waals surface area contributed by atoms with Crippen LogP contribution in [-0.4, -0.2) is 10.9 Å². The highest BCUT2D eigenvalue weighted by atomic mass is 32.1. The van der Waals surface area contributed by atoms with Crippen LogP contribution in [0.3, 0.4) is 0 Å². The molecule has 0 N–H and O–H groups in total. The van der Waals surface area contributed by atoms with Gasteiger partial charge in [0.1, 0.15) is 5.76 Å². The number of fused-ring (bicyclic) bond motifs is 1. The number of aromatic nitrogens is 1. The maximum Gasteiger partial charge on any atom is 0.260 e. The van der Waals surface area contributed by atoms with Crippen LogP contribution >= 0.6 is 11.3 Å². The van der Waals surface area contributed by atoms with Crippen molar-refractivity contribution in [3.63, 3.8) is 0 Å². The molecule has 4 nitrogen and oxygen atoms in total. The molecule has 0 fully saturated rings. The third kappa shape index (κ3) is 3.38. The molecule has 0 saturated heterocycles. The lowest BCUT2D eigenvalue weighted by Crippen LogP contribution is -2.30. The average molecular weight is 376 g/mol. The number of hydrogen-bond donors (Lipinski definition) is 0. The van der Waals surface area contributed by atoms with Gasteiger partial charge in [0.2, 0.25) is 0 Å². The Kier molecular flexibility index (Phi) is 4.54. The zero-order valence-corrected chi connectivity index (χ0v) is 16.3. The number of furan rings is 1. The number of nitrogens with zero attached hydrogens (tertiary/aromatic N) is 2. The van der Waals surface area contributed by atoms with Crippen molar-refractivity contribution in [3.05, 3.63) is 82.8 Å². The van der Waals surface area contributed by atoms with Crippen LogP contribution in [0.5, 0.6) is 0 Å². The summed E-state index contributed by atoms with van der Waals surface area (Å²) in [6.45, 7) is 6.47. The van der Waals surface area contributed by atoms with Crippen LogP contribution in [0, 0.1) is 20.8 Å². The van der Waals surface area contributed by atoms with Crippen LogP contribution < -0.4 is 4.90 Å². The highest BCUT2D eigenvalue weighted by Gasteiger charge is 2.23. The summed E-state index contributed by atoms with van der Waals surface area (Å²) in [6.07, 6.45) is 1.62. The van der Waals surface area contributed by atoms with Gasteiger partial charge in [0.15, 0.2) is 5.13 Å². The van der Waals surface area contributed by atoms with E-state index < -0.39 is 0 Å². The molecule has 2 aromatic heterocycles. The van der Waals surface area contributed by atoms with Crippen molar-refractivity contribution in [2.75, 3.05) is 4.90 Å². The standard InChI is InChI=1S/C22H20N2O2S/c1-14-6-10-17(11-7-14)21(25)24(13-18-5-4-12-26-18)22-23-19-15(2)8-9-16(3)20(19)27-22/h4-12H,13H2,1-3H3. The number of aryl methyl sites for hydroxylation is 3. The molecule has 4 aromatic rings. The van der Waals surface area contributed by atoms with Crippen molar-refractivity contribution in [2.45, 2.75) is 27.3 Å². The number of thiazole rings is 1. The molecule has 2 heterocycles. The van der Waals surface area contributed by atoms with Gasteiger partial charge >= 0.3 is 0 Å². The largest absolute Gasteiger partial charge is 0.467 e. The Balaban J connectivity index is 1.80. The van der Waals surface area contributed by atoms with E-state index in [1.165, 1.54) is 5.56 Å². The number of rotatable bonds is 4. The molecule has 0 saturated carbocycles. The van der Waals surface area contributed by atoms with Gasteiger partial charge in [-0.3, -0.25) is 9.69 Å². The maximum absolute atomic E-state index is 13.3. The van der Waals surface area contributed by atoms with Crippen molar-refractivity contribution in [1.29, 1.82) is 0 Å². The molecule has 2 aromatic carbocycles. The van der Waals surface area contributed by atoms with E-state index in [1.807, 2.05) is 50.2 Å². The highest BCUT2D eigenvalue weighted by molar-refractivity contribution is 7.22. The number of benzene rings is 2. The Bertz CT molecular complexity index is 1060. The molecule has 27 heavy (non-hydrogen) atoms. The summed E-state index contributed by atoms with van der Waals surface area (Å²) in [5.74, 6) is 0.643. The fourth-order valence-electron chi connectivity index (χ4n) is 3.00. The monoisotopic (exact) mass is 376 g/mol. The number of anilines is 1. The molecule has 0 radical (unpaired) electrons. The van der Waals surface area contributed by atoms with E-state index in [0.717, 1.165) is 27.1 Å². The fraction of sp³-hybridized carbons (Fsp3) is 0.182. The molecular weight excluding hydrogens is 356 g/mol. The van der Waals surface area contributed by atoms with E-state index in [4.69, 9.17) is 9.40 Å². The molecule has 0 spiro atoms. The smallest absolute Gasteiger partial charge is 0.260 e. The summed E-state index contributed by atoms with van der Waals surface area (Å²) in [5, 5.41) is 0.685. The number of hydrogen-bond acceptors (Lipinski definition) is 4. The normalized spacial score (nSPS) is 11.1. The topological polar surface area (TPSA) is 46.3 Å². The Hall–Kier alpha value is -2.92. The molecule has 0 aliphatic rings. The first kappa shape index (κ1) is 17.5. The van der Waals surface area contributed by atoms with E-state index in [2.05, 4.69) is 19.1 Å². The summed E-state index contributed by atoms with van der Waals surface area (Å²) < 4.78 is 6.61. The number of carbonyl (C=O) groups is 1. The third-order valence-corrected chi connectivity index (χ3v) is 5.81. The first-order valence-electron chi connectivity index (χ1n) is 8.80. The lowest BCUT2D eigenvalue weighted by Gasteiger charge is -2.19. The Labute approximate surface area is 162 Å². The van der Waals surface area contributed by atoms with Gasteiger partial charge in [-0.05, 0) is 56.2 Å². The Morgan fingerprint density at radius 3 is 2.44 bits per heavy atom. The van der Waals surface area contributed by atoms with Crippen molar-refractivity contribution in [2.24, 2.45) is 0 Å². The summed E-state index contributed by atoms with van der Waals surface area (Å²) in [7, 11) is 0. The second-order valence-corrected chi connectivity index (χ2v) is 7.69. The Morgan fingerprint density at radius 1 is 1.04 bits per heavy atom. The zero-order valence-electron chi connectivity index (χ0n) is 15.5. The lowest BCUT2D eigenvalue weighted by atomic mass is 10.1. The molecule has 0 atom stereocenters. The van der Waals surface area contributed by atoms with Crippen molar-refractivity contribution >= 4 is 32.6 Å². The quantitative estimate of drug-likeness (QED) is 0.461. The first-order valence-corrected chi connectivity index (χ1v) is 9.62. The SMILES string of the molecule is Cc1ccc(C(=O)N(Cc2ccco2)c2nc3c(C)ccc(C)c3s2)cc1. The third-order valence-electron chi connectivity index (χ3n) is 4.60. The van der Waals surface area contributed by atoms with Gasteiger partial charge in [-0.1, -0.05) is 41.2 Å². The number of carbonyl (C=O) groups excluding carboxylic acids is 1. The van der Waals surface area contributed by atoms with Gasteiger partial charge in [0.05, 0.1) is 23.0 Å². The first-order chi connectivity index (χ1) is 13.0. The van der Waals surface area contributed by atoms with E-state index in [9.17, 15) is 4.79 Å². The molecule has 5 heteroatoms. The van der Waals surface area contributed by atoms with Crippen molar-refractivity contribution < 1.29 is 9.21 Å². The molecule has 0 bridgehead atoms. The number of amides is 1. The van der Waals surface area contributed by atoms with E-state index >= 15 is 0 Å². The van der Waals surface area contributed by atoms with E-state index in [0.29, 0.717) is 17.2 Å². The predicted molar refractivity (Wildman–Crippen MR) is 109 cm³/mol. The highest BCUT2D eigenvalue weighted by Crippen LogP contribution is 2.34. The second kappa shape index (κ2) is 7.00.